The van der Waals surface area contributed by atoms with Crippen LogP contribution in [0.1, 0.15) is 25.1 Å². The Morgan fingerprint density at radius 2 is 2.00 bits per heavy atom. The van der Waals surface area contributed by atoms with Crippen LogP contribution in [0.4, 0.5) is 0 Å². The van der Waals surface area contributed by atoms with Crippen LogP contribution in [0.2, 0.25) is 0 Å². The van der Waals surface area contributed by atoms with Crippen LogP contribution in [0.25, 0.3) is 10.9 Å². The van der Waals surface area contributed by atoms with Crippen molar-refractivity contribution in [2.24, 2.45) is 7.05 Å². The van der Waals surface area contributed by atoms with Gasteiger partial charge in [0.1, 0.15) is 5.75 Å². The molecule has 1 aromatic heterocycles. The maximum atomic E-state index is 11.5. The number of hydrogen-bond donors (Lipinski definition) is 1. The first-order valence-corrected chi connectivity index (χ1v) is 6.18. The number of aliphatic carboxylic acids is 1. The number of carbonyl (C=O) groups is 1. The number of hydrogen-bond acceptors (Lipinski definition) is 2. The van der Waals surface area contributed by atoms with E-state index in [-0.39, 0.29) is 0 Å². The zero-order valence-electron chi connectivity index (χ0n) is 11.9. The summed E-state index contributed by atoms with van der Waals surface area (Å²) in [4.78, 5) is 11.5. The van der Waals surface area contributed by atoms with E-state index in [0.717, 1.165) is 27.9 Å². The predicted octanol–water partition coefficient (Wildman–Crippen LogP) is 2.86. The monoisotopic (exact) mass is 261 g/mol. The highest BCUT2D eigenvalue weighted by atomic mass is 16.5. The van der Waals surface area contributed by atoms with Crippen LogP contribution in [0, 0.1) is 6.92 Å². The second-order valence-electron chi connectivity index (χ2n) is 5.31. The second-order valence-corrected chi connectivity index (χ2v) is 5.31. The molecule has 0 amide bonds. The quantitative estimate of drug-likeness (QED) is 0.924. The molecule has 0 unspecified atom stereocenters. The van der Waals surface area contributed by atoms with Gasteiger partial charge in [-0.3, -0.25) is 4.79 Å². The Kier molecular flexibility index (Phi) is 3.04. The summed E-state index contributed by atoms with van der Waals surface area (Å²) in [5, 5.41) is 10.4. The van der Waals surface area contributed by atoms with Crippen LogP contribution in [-0.2, 0) is 17.3 Å². The number of benzene rings is 1. The third-order valence-electron chi connectivity index (χ3n) is 3.85. The van der Waals surface area contributed by atoms with Crippen molar-refractivity contribution in [1.29, 1.82) is 0 Å². The molecule has 2 aromatic rings. The van der Waals surface area contributed by atoms with Crippen molar-refractivity contribution in [3.63, 3.8) is 0 Å². The highest BCUT2D eigenvalue weighted by molar-refractivity contribution is 5.96. The molecule has 19 heavy (non-hydrogen) atoms. The molecule has 1 aromatic carbocycles. The molecule has 0 saturated heterocycles. The normalized spacial score (nSPS) is 11.8. The van der Waals surface area contributed by atoms with Gasteiger partial charge < -0.3 is 14.4 Å². The fraction of sp³-hybridized carbons (Fsp3) is 0.400. The van der Waals surface area contributed by atoms with E-state index in [1.807, 2.05) is 36.7 Å². The minimum Gasteiger partial charge on any atom is -0.495 e. The van der Waals surface area contributed by atoms with E-state index in [9.17, 15) is 9.90 Å². The fourth-order valence-electron chi connectivity index (χ4n) is 2.66. The first kappa shape index (κ1) is 13.5. The number of methoxy groups -OCH3 is 1. The van der Waals surface area contributed by atoms with Gasteiger partial charge in [0.15, 0.2) is 0 Å². The molecule has 0 spiro atoms. The van der Waals surface area contributed by atoms with Crippen LogP contribution >= 0.6 is 0 Å². The van der Waals surface area contributed by atoms with Crippen molar-refractivity contribution >= 4 is 16.9 Å². The lowest BCUT2D eigenvalue weighted by Gasteiger charge is -2.20. The summed E-state index contributed by atoms with van der Waals surface area (Å²) in [7, 11) is 3.56. The predicted molar refractivity (Wildman–Crippen MR) is 74.9 cm³/mol. The van der Waals surface area contributed by atoms with Crippen LogP contribution in [-0.4, -0.2) is 22.8 Å². The van der Waals surface area contributed by atoms with Crippen molar-refractivity contribution < 1.29 is 14.6 Å². The second kappa shape index (κ2) is 4.30. The first-order chi connectivity index (χ1) is 8.82. The van der Waals surface area contributed by atoms with Gasteiger partial charge in [-0.2, -0.15) is 0 Å². The lowest BCUT2D eigenvalue weighted by Crippen LogP contribution is -2.29. The van der Waals surface area contributed by atoms with Gasteiger partial charge in [-0.1, -0.05) is 12.1 Å². The molecule has 2 rings (SSSR count). The number of fused-ring (bicyclic) bond motifs is 1. The van der Waals surface area contributed by atoms with Gasteiger partial charge in [0, 0.05) is 18.1 Å². The van der Waals surface area contributed by atoms with Crippen LogP contribution in [0.5, 0.6) is 5.75 Å². The summed E-state index contributed by atoms with van der Waals surface area (Å²) < 4.78 is 7.38. The van der Waals surface area contributed by atoms with Crippen molar-refractivity contribution in [1.82, 2.24) is 4.57 Å². The van der Waals surface area contributed by atoms with Gasteiger partial charge in [-0.05, 0) is 32.4 Å². The number of carboxylic acids is 1. The van der Waals surface area contributed by atoms with E-state index >= 15 is 0 Å². The van der Waals surface area contributed by atoms with E-state index < -0.39 is 11.4 Å². The van der Waals surface area contributed by atoms with Gasteiger partial charge in [-0.15, -0.1) is 0 Å². The fourth-order valence-corrected chi connectivity index (χ4v) is 2.66. The molecule has 0 aliphatic rings. The number of nitrogens with zero attached hydrogens (tertiary/aromatic N) is 1. The summed E-state index contributed by atoms with van der Waals surface area (Å²) in [6.07, 6.45) is 0. The molecule has 0 fully saturated rings. The Balaban J connectivity index is 2.91. The van der Waals surface area contributed by atoms with Gasteiger partial charge in [0.25, 0.3) is 0 Å². The highest BCUT2D eigenvalue weighted by Gasteiger charge is 2.35. The summed E-state index contributed by atoms with van der Waals surface area (Å²) in [6.45, 7) is 5.41. The van der Waals surface area contributed by atoms with Crippen molar-refractivity contribution in [3.8, 4) is 5.75 Å². The summed E-state index contributed by atoms with van der Waals surface area (Å²) in [6, 6.07) is 5.73. The Morgan fingerprint density at radius 1 is 1.37 bits per heavy atom. The number of para-hydroxylation sites is 1. The maximum Gasteiger partial charge on any atom is 0.313 e. The molecule has 0 aliphatic heterocycles. The van der Waals surface area contributed by atoms with Gasteiger partial charge in [0.05, 0.1) is 18.0 Å². The topological polar surface area (TPSA) is 51.5 Å². The van der Waals surface area contributed by atoms with Gasteiger partial charge >= 0.3 is 5.97 Å². The Labute approximate surface area is 112 Å². The molecule has 1 N–H and O–H groups in total. The molecule has 0 radical (unpaired) electrons. The number of aryl methyl sites for hydroxylation is 1. The molecular formula is C15H19NO3. The van der Waals surface area contributed by atoms with Gasteiger partial charge in [-0.25, -0.2) is 0 Å². The summed E-state index contributed by atoms with van der Waals surface area (Å²) in [5.74, 6) is -0.0681. The molecule has 0 aliphatic carbocycles. The average Bonchev–Trinajstić information content (AvgIpc) is 2.62. The Morgan fingerprint density at radius 3 is 2.53 bits per heavy atom. The average molecular weight is 261 g/mol. The third kappa shape index (κ3) is 1.79. The third-order valence-corrected chi connectivity index (χ3v) is 3.85. The van der Waals surface area contributed by atoms with Crippen molar-refractivity contribution in [2.45, 2.75) is 26.2 Å². The lowest BCUT2D eigenvalue weighted by molar-refractivity contribution is -0.142. The minimum atomic E-state index is -0.935. The minimum absolute atomic E-state index is 0.760. The lowest BCUT2D eigenvalue weighted by atomic mass is 9.83. The number of carboxylic acid groups (broad SMARTS) is 1. The van der Waals surface area contributed by atoms with E-state index in [2.05, 4.69) is 0 Å². The molecule has 102 valence electrons. The molecule has 0 saturated carbocycles. The molecule has 0 atom stereocenters. The van der Waals surface area contributed by atoms with Crippen LogP contribution in [0.15, 0.2) is 18.2 Å². The van der Waals surface area contributed by atoms with Gasteiger partial charge in [0.2, 0.25) is 0 Å². The van der Waals surface area contributed by atoms with E-state index in [0.29, 0.717) is 0 Å². The number of rotatable bonds is 3. The van der Waals surface area contributed by atoms with E-state index in [1.165, 1.54) is 0 Å². The Hall–Kier alpha value is -1.97. The van der Waals surface area contributed by atoms with Crippen LogP contribution < -0.4 is 4.74 Å². The standard InChI is InChI=1S/C15H19NO3/c1-9-12(15(2,3)14(17)18)10-7-6-8-11(19-5)13(10)16(9)4/h6-8H,1-5H3,(H,17,18). The highest BCUT2D eigenvalue weighted by Crippen LogP contribution is 2.38. The molecule has 4 nitrogen and oxygen atoms in total. The van der Waals surface area contributed by atoms with Crippen LogP contribution in [0.3, 0.4) is 0 Å². The smallest absolute Gasteiger partial charge is 0.313 e. The SMILES string of the molecule is COc1cccc2c(C(C)(C)C(=O)O)c(C)n(C)c12. The zero-order valence-corrected chi connectivity index (χ0v) is 11.9. The van der Waals surface area contributed by atoms with Crippen molar-refractivity contribution in [2.75, 3.05) is 7.11 Å². The molecular weight excluding hydrogens is 242 g/mol. The summed E-state index contributed by atoms with van der Waals surface area (Å²) in [5.41, 5.74) is 1.80. The maximum absolute atomic E-state index is 11.5. The molecule has 0 bridgehead atoms. The number of ether oxygens (including phenoxy) is 1. The number of aromatic nitrogens is 1. The van der Waals surface area contributed by atoms with E-state index in [4.69, 9.17) is 4.74 Å². The molecule has 1 heterocycles. The summed E-state index contributed by atoms with van der Waals surface area (Å²) >= 11 is 0. The largest absolute Gasteiger partial charge is 0.495 e. The Bertz CT molecular complexity index is 653. The molecule has 4 heteroatoms. The van der Waals surface area contributed by atoms with E-state index in [1.54, 1.807) is 21.0 Å². The first-order valence-electron chi connectivity index (χ1n) is 6.18. The van der Waals surface area contributed by atoms with Crippen molar-refractivity contribution in [3.05, 3.63) is 29.5 Å². The zero-order chi connectivity index (χ0) is 14.4.